The fourth-order valence-corrected chi connectivity index (χ4v) is 3.22. The van der Waals surface area contributed by atoms with Crippen molar-refractivity contribution in [3.05, 3.63) is 47.8 Å². The van der Waals surface area contributed by atoms with Crippen molar-refractivity contribution in [1.82, 2.24) is 19.8 Å². The van der Waals surface area contributed by atoms with Crippen LogP contribution in [-0.2, 0) is 11.8 Å². The molecule has 0 aliphatic heterocycles. The van der Waals surface area contributed by atoms with E-state index in [0.717, 1.165) is 22.0 Å². The Morgan fingerprint density at radius 2 is 2.22 bits per heavy atom. The van der Waals surface area contributed by atoms with E-state index in [0.29, 0.717) is 6.54 Å². The number of carbonyl (C=O) groups is 1. The van der Waals surface area contributed by atoms with Crippen LogP contribution < -0.4 is 5.32 Å². The molecule has 0 saturated carbocycles. The normalized spacial score (nSPS) is 12.4. The molecule has 1 amide bonds. The first-order valence-electron chi connectivity index (χ1n) is 7.60. The molecule has 0 bridgehead atoms. The van der Waals surface area contributed by atoms with E-state index < -0.39 is 0 Å². The lowest BCUT2D eigenvalue weighted by molar-refractivity contribution is -0.125. The van der Waals surface area contributed by atoms with Crippen LogP contribution in [0.1, 0.15) is 17.2 Å². The fourth-order valence-electron chi connectivity index (χ4n) is 2.43. The first kappa shape index (κ1) is 17.6. The summed E-state index contributed by atoms with van der Waals surface area (Å²) in [6, 6.07) is 7.82. The Morgan fingerprint density at radius 1 is 1.43 bits per heavy atom. The Balaban J connectivity index is 1.90. The topological polar surface area (TPSA) is 50.2 Å². The molecule has 0 saturated heterocycles. The predicted octanol–water partition coefficient (Wildman–Crippen LogP) is 2.24. The number of thioether (sulfide) groups is 1. The number of amides is 1. The van der Waals surface area contributed by atoms with Gasteiger partial charge in [0.2, 0.25) is 5.91 Å². The summed E-state index contributed by atoms with van der Waals surface area (Å²) in [5, 5.41) is 3.99. The van der Waals surface area contributed by atoms with Crippen molar-refractivity contribution >= 4 is 17.7 Å². The van der Waals surface area contributed by atoms with Gasteiger partial charge in [-0.3, -0.25) is 9.69 Å². The van der Waals surface area contributed by atoms with Crippen LogP contribution in [0.15, 0.2) is 41.8 Å². The molecular formula is C17H24N4OS. The molecule has 1 heterocycles. The third-order valence-corrected chi connectivity index (χ3v) is 4.59. The minimum Gasteiger partial charge on any atom is -0.354 e. The summed E-state index contributed by atoms with van der Waals surface area (Å²) in [6.07, 6.45) is 3.70. The van der Waals surface area contributed by atoms with Crippen molar-refractivity contribution < 1.29 is 4.79 Å². The molecular weight excluding hydrogens is 308 g/mol. The smallest absolute Gasteiger partial charge is 0.241 e. The Kier molecular flexibility index (Phi) is 6.24. The van der Waals surface area contributed by atoms with Crippen molar-refractivity contribution in [1.29, 1.82) is 0 Å². The van der Waals surface area contributed by atoms with Crippen molar-refractivity contribution in [3.63, 3.8) is 0 Å². The fraction of sp³-hybridized carbons (Fsp3) is 0.412. The van der Waals surface area contributed by atoms with Crippen LogP contribution in [0, 0.1) is 6.92 Å². The summed E-state index contributed by atoms with van der Waals surface area (Å²) in [4.78, 5) is 18.7. The first-order chi connectivity index (χ1) is 11.0. The zero-order valence-electron chi connectivity index (χ0n) is 14.1. The van der Waals surface area contributed by atoms with Crippen LogP contribution in [0.25, 0.3) is 0 Å². The molecule has 1 aromatic heterocycles. The van der Waals surface area contributed by atoms with E-state index in [-0.39, 0.29) is 11.9 Å². The summed E-state index contributed by atoms with van der Waals surface area (Å²) in [6.45, 7) is 2.66. The van der Waals surface area contributed by atoms with Crippen LogP contribution in [0.4, 0.5) is 0 Å². The Labute approximate surface area is 142 Å². The molecule has 23 heavy (non-hydrogen) atoms. The van der Waals surface area contributed by atoms with E-state index in [1.807, 2.05) is 61.9 Å². The molecule has 1 aromatic carbocycles. The van der Waals surface area contributed by atoms with Gasteiger partial charge >= 0.3 is 0 Å². The van der Waals surface area contributed by atoms with Crippen LogP contribution in [0.2, 0.25) is 0 Å². The zero-order valence-corrected chi connectivity index (χ0v) is 14.9. The third-order valence-electron chi connectivity index (χ3n) is 3.53. The highest BCUT2D eigenvalue weighted by Crippen LogP contribution is 2.19. The highest BCUT2D eigenvalue weighted by Gasteiger charge is 2.22. The third kappa shape index (κ3) is 4.84. The van der Waals surface area contributed by atoms with E-state index in [1.165, 1.54) is 0 Å². The minimum absolute atomic E-state index is 0.0287. The second-order valence-electron chi connectivity index (χ2n) is 5.74. The number of aromatic nitrogens is 2. The van der Waals surface area contributed by atoms with Crippen molar-refractivity contribution in [2.24, 2.45) is 7.05 Å². The molecule has 0 aliphatic rings. The van der Waals surface area contributed by atoms with Crippen molar-refractivity contribution in [2.45, 2.75) is 18.1 Å². The highest BCUT2D eigenvalue weighted by atomic mass is 32.2. The molecule has 0 aliphatic carbocycles. The molecule has 1 atom stereocenters. The summed E-state index contributed by atoms with van der Waals surface area (Å²) in [5.41, 5.74) is 2.18. The second-order valence-corrected chi connectivity index (χ2v) is 6.80. The van der Waals surface area contributed by atoms with Crippen LogP contribution >= 0.6 is 11.8 Å². The standard InChI is InChI=1S/C17H24N4OS/c1-13-6-5-7-14(12-13)15(20(2)3)16(22)18-9-11-23-17-19-8-10-21(17)4/h5-8,10,12,15H,9,11H2,1-4H3,(H,18,22). The maximum absolute atomic E-state index is 12.5. The second kappa shape index (κ2) is 8.17. The number of nitrogens with zero attached hydrogens (tertiary/aromatic N) is 3. The van der Waals surface area contributed by atoms with Gasteiger partial charge < -0.3 is 9.88 Å². The molecule has 6 heteroatoms. The minimum atomic E-state index is -0.270. The van der Waals surface area contributed by atoms with Gasteiger partial charge in [0, 0.05) is 31.7 Å². The van der Waals surface area contributed by atoms with Crippen LogP contribution in [0.3, 0.4) is 0 Å². The Hall–Kier alpha value is -1.79. The molecule has 2 rings (SSSR count). The van der Waals surface area contributed by atoms with Crippen molar-refractivity contribution in [3.8, 4) is 0 Å². The van der Waals surface area contributed by atoms with Gasteiger partial charge in [-0.15, -0.1) is 0 Å². The number of carbonyl (C=O) groups excluding carboxylic acids is 1. The summed E-state index contributed by atoms with van der Waals surface area (Å²) >= 11 is 1.64. The monoisotopic (exact) mass is 332 g/mol. The summed E-state index contributed by atoms with van der Waals surface area (Å²) in [7, 11) is 5.82. The van der Waals surface area contributed by atoms with E-state index >= 15 is 0 Å². The van der Waals surface area contributed by atoms with Gasteiger partial charge in [-0.2, -0.15) is 0 Å². The molecule has 5 nitrogen and oxygen atoms in total. The highest BCUT2D eigenvalue weighted by molar-refractivity contribution is 7.99. The average Bonchev–Trinajstić information content (AvgIpc) is 2.89. The lowest BCUT2D eigenvalue weighted by Crippen LogP contribution is -2.38. The zero-order chi connectivity index (χ0) is 16.8. The predicted molar refractivity (Wildman–Crippen MR) is 94.5 cm³/mol. The van der Waals surface area contributed by atoms with E-state index in [1.54, 1.807) is 18.0 Å². The lowest BCUT2D eigenvalue weighted by Gasteiger charge is -2.24. The van der Waals surface area contributed by atoms with Gasteiger partial charge in [0.1, 0.15) is 6.04 Å². The van der Waals surface area contributed by atoms with E-state index in [9.17, 15) is 4.79 Å². The summed E-state index contributed by atoms with van der Waals surface area (Å²) in [5.74, 6) is 0.825. The molecule has 124 valence electrons. The quantitative estimate of drug-likeness (QED) is 0.624. The van der Waals surface area contributed by atoms with Gasteiger partial charge in [-0.05, 0) is 26.6 Å². The largest absolute Gasteiger partial charge is 0.354 e. The Morgan fingerprint density at radius 3 is 2.83 bits per heavy atom. The van der Waals surface area contributed by atoms with E-state index in [4.69, 9.17) is 0 Å². The van der Waals surface area contributed by atoms with E-state index in [2.05, 4.69) is 16.4 Å². The number of likely N-dealkylation sites (N-methyl/N-ethyl adjacent to an activating group) is 1. The average molecular weight is 332 g/mol. The maximum Gasteiger partial charge on any atom is 0.241 e. The molecule has 0 fully saturated rings. The number of benzene rings is 1. The van der Waals surface area contributed by atoms with Gasteiger partial charge in [0.05, 0.1) is 0 Å². The van der Waals surface area contributed by atoms with Crippen LogP contribution in [0.5, 0.6) is 0 Å². The van der Waals surface area contributed by atoms with Gasteiger partial charge in [-0.25, -0.2) is 4.98 Å². The SMILES string of the molecule is Cc1cccc(C(C(=O)NCCSc2nccn2C)N(C)C)c1. The number of aryl methyl sites for hydroxylation is 2. The number of imidazole rings is 1. The lowest BCUT2D eigenvalue weighted by atomic mass is 10.0. The number of nitrogens with one attached hydrogen (secondary N) is 1. The number of hydrogen-bond acceptors (Lipinski definition) is 4. The van der Waals surface area contributed by atoms with Crippen LogP contribution in [-0.4, -0.2) is 46.8 Å². The van der Waals surface area contributed by atoms with Gasteiger partial charge in [0.15, 0.2) is 5.16 Å². The van der Waals surface area contributed by atoms with Gasteiger partial charge in [0.25, 0.3) is 0 Å². The summed E-state index contributed by atoms with van der Waals surface area (Å²) < 4.78 is 1.97. The molecule has 0 spiro atoms. The molecule has 1 N–H and O–H groups in total. The number of hydrogen-bond donors (Lipinski definition) is 1. The number of rotatable bonds is 7. The molecule has 2 aromatic rings. The van der Waals surface area contributed by atoms with Crippen molar-refractivity contribution in [2.75, 3.05) is 26.4 Å². The molecule has 0 radical (unpaired) electrons. The Bertz CT molecular complexity index is 654. The van der Waals surface area contributed by atoms with Gasteiger partial charge in [-0.1, -0.05) is 41.6 Å². The molecule has 1 unspecified atom stereocenters. The maximum atomic E-state index is 12.5. The first-order valence-corrected chi connectivity index (χ1v) is 8.58.